The summed E-state index contributed by atoms with van der Waals surface area (Å²) >= 11 is 0. The second kappa shape index (κ2) is 3.15. The summed E-state index contributed by atoms with van der Waals surface area (Å²) in [6.07, 6.45) is 0.300. The molecular weight excluding hydrogens is 196 g/mol. The van der Waals surface area contributed by atoms with Gasteiger partial charge in [0.15, 0.2) is 0 Å². The predicted molar refractivity (Wildman–Crippen MR) is 53.1 cm³/mol. The van der Waals surface area contributed by atoms with Crippen LogP contribution in [0.3, 0.4) is 0 Å². The Hall–Kier alpha value is -1.71. The maximum absolute atomic E-state index is 11.5. The third kappa shape index (κ3) is 1.42. The number of benzene rings is 1. The lowest BCUT2D eigenvalue weighted by Gasteiger charge is -2.23. The molecule has 2 rings (SSSR count). The molecule has 1 aliphatic heterocycles. The van der Waals surface area contributed by atoms with Gasteiger partial charge in [0.2, 0.25) is 0 Å². The molecule has 0 amide bonds. The van der Waals surface area contributed by atoms with Crippen LogP contribution in [-0.4, -0.2) is 22.3 Å². The van der Waals surface area contributed by atoms with Gasteiger partial charge in [0.1, 0.15) is 23.2 Å². The van der Waals surface area contributed by atoms with Crippen LogP contribution in [0.5, 0.6) is 11.5 Å². The molecule has 2 N–H and O–H groups in total. The molecule has 1 aromatic carbocycles. The largest absolute Gasteiger partial charge is 0.508 e. The van der Waals surface area contributed by atoms with Crippen LogP contribution in [0.1, 0.15) is 28.4 Å². The SMILES string of the molecule is Cc1c(O)cc2c(c1O)C(=O)OC(C)C2. The van der Waals surface area contributed by atoms with E-state index in [9.17, 15) is 15.0 Å². The van der Waals surface area contributed by atoms with Crippen LogP contribution >= 0.6 is 0 Å². The molecule has 4 nitrogen and oxygen atoms in total. The average Bonchev–Trinajstić information content (AvgIpc) is 2.13. The highest BCUT2D eigenvalue weighted by molar-refractivity contribution is 5.96. The number of carbonyl (C=O) groups is 1. The zero-order valence-corrected chi connectivity index (χ0v) is 8.57. The first-order chi connectivity index (χ1) is 7.00. The highest BCUT2D eigenvalue weighted by Gasteiger charge is 2.28. The summed E-state index contributed by atoms with van der Waals surface area (Å²) in [4.78, 5) is 11.5. The van der Waals surface area contributed by atoms with Gasteiger partial charge in [-0.1, -0.05) is 0 Å². The number of aromatic hydroxyl groups is 2. The molecule has 1 aromatic rings. The van der Waals surface area contributed by atoms with E-state index in [2.05, 4.69) is 0 Å². The molecule has 0 spiro atoms. The van der Waals surface area contributed by atoms with E-state index in [0.717, 1.165) is 0 Å². The lowest BCUT2D eigenvalue weighted by molar-refractivity contribution is 0.0296. The molecule has 0 saturated carbocycles. The van der Waals surface area contributed by atoms with Crippen molar-refractivity contribution in [2.75, 3.05) is 0 Å². The maximum Gasteiger partial charge on any atom is 0.342 e. The molecule has 0 radical (unpaired) electrons. The van der Waals surface area contributed by atoms with E-state index in [1.807, 2.05) is 0 Å². The van der Waals surface area contributed by atoms with E-state index in [0.29, 0.717) is 17.5 Å². The van der Waals surface area contributed by atoms with Crippen molar-refractivity contribution < 1.29 is 19.7 Å². The number of carbonyl (C=O) groups excluding carboxylic acids is 1. The molecule has 0 bridgehead atoms. The number of phenolic OH excluding ortho intramolecular Hbond substituents is 2. The van der Waals surface area contributed by atoms with Crippen molar-refractivity contribution in [3.63, 3.8) is 0 Å². The Morgan fingerprint density at radius 2 is 2.13 bits per heavy atom. The monoisotopic (exact) mass is 208 g/mol. The van der Waals surface area contributed by atoms with E-state index in [1.165, 1.54) is 6.07 Å². The van der Waals surface area contributed by atoms with Gasteiger partial charge >= 0.3 is 5.97 Å². The predicted octanol–water partition coefficient (Wildman–Crippen LogP) is 1.51. The number of hydrogen-bond acceptors (Lipinski definition) is 4. The van der Waals surface area contributed by atoms with Crippen LogP contribution in [0, 0.1) is 6.92 Å². The zero-order chi connectivity index (χ0) is 11.2. The summed E-state index contributed by atoms with van der Waals surface area (Å²) in [5.74, 6) is -0.695. The molecule has 15 heavy (non-hydrogen) atoms. The Balaban J connectivity index is 2.66. The molecule has 0 saturated heterocycles. The summed E-state index contributed by atoms with van der Waals surface area (Å²) in [5.41, 5.74) is 1.13. The van der Waals surface area contributed by atoms with Crippen molar-refractivity contribution in [1.82, 2.24) is 0 Å². The fourth-order valence-corrected chi connectivity index (χ4v) is 1.79. The lowest BCUT2D eigenvalue weighted by atomic mass is 9.95. The zero-order valence-electron chi connectivity index (χ0n) is 8.57. The van der Waals surface area contributed by atoms with Gasteiger partial charge in [-0.05, 0) is 25.5 Å². The van der Waals surface area contributed by atoms with Crippen LogP contribution < -0.4 is 0 Å². The molecule has 1 aliphatic rings. The maximum atomic E-state index is 11.5. The molecule has 80 valence electrons. The second-order valence-electron chi connectivity index (χ2n) is 3.82. The quantitative estimate of drug-likeness (QED) is 0.634. The van der Waals surface area contributed by atoms with E-state index < -0.39 is 5.97 Å². The van der Waals surface area contributed by atoms with Gasteiger partial charge in [-0.2, -0.15) is 0 Å². The van der Waals surface area contributed by atoms with E-state index in [-0.39, 0.29) is 23.2 Å². The van der Waals surface area contributed by atoms with E-state index >= 15 is 0 Å². The Morgan fingerprint density at radius 3 is 2.80 bits per heavy atom. The van der Waals surface area contributed by atoms with Gasteiger partial charge < -0.3 is 14.9 Å². The first-order valence-corrected chi connectivity index (χ1v) is 4.76. The standard InChI is InChI=1S/C11H12O4/c1-5-3-7-4-8(12)6(2)10(13)9(7)11(14)15-5/h4-5,12-13H,3H2,1-2H3. The minimum atomic E-state index is -0.524. The van der Waals surface area contributed by atoms with Gasteiger partial charge in [0.05, 0.1) is 0 Å². The van der Waals surface area contributed by atoms with E-state index in [4.69, 9.17) is 4.74 Å². The van der Waals surface area contributed by atoms with Gasteiger partial charge in [0, 0.05) is 12.0 Å². The van der Waals surface area contributed by atoms with Crippen molar-refractivity contribution in [3.8, 4) is 11.5 Å². The number of fused-ring (bicyclic) bond motifs is 1. The third-order valence-corrected chi connectivity index (χ3v) is 2.63. The fourth-order valence-electron chi connectivity index (χ4n) is 1.79. The van der Waals surface area contributed by atoms with Gasteiger partial charge in [-0.3, -0.25) is 0 Å². The highest BCUT2D eigenvalue weighted by Crippen LogP contribution is 2.36. The average molecular weight is 208 g/mol. The second-order valence-corrected chi connectivity index (χ2v) is 3.82. The van der Waals surface area contributed by atoms with Gasteiger partial charge in [-0.25, -0.2) is 4.79 Å². The first-order valence-electron chi connectivity index (χ1n) is 4.76. The number of hydrogen-bond donors (Lipinski definition) is 2. The third-order valence-electron chi connectivity index (χ3n) is 2.63. The Labute approximate surface area is 87.1 Å². The van der Waals surface area contributed by atoms with E-state index in [1.54, 1.807) is 13.8 Å². The summed E-state index contributed by atoms with van der Waals surface area (Å²) in [6.45, 7) is 3.32. The van der Waals surface area contributed by atoms with Gasteiger partial charge in [-0.15, -0.1) is 0 Å². The number of cyclic esters (lactones) is 1. The smallest absolute Gasteiger partial charge is 0.342 e. The van der Waals surface area contributed by atoms with Gasteiger partial charge in [0.25, 0.3) is 0 Å². The molecule has 1 unspecified atom stereocenters. The molecular formula is C11H12O4. The summed E-state index contributed by atoms with van der Waals surface area (Å²) in [6, 6.07) is 1.52. The highest BCUT2D eigenvalue weighted by atomic mass is 16.5. The minimum absolute atomic E-state index is 0.00755. The normalized spacial score (nSPS) is 19.6. The summed E-state index contributed by atoms with van der Waals surface area (Å²) < 4.78 is 5.01. The number of phenols is 2. The molecule has 1 atom stereocenters. The van der Waals surface area contributed by atoms with Crippen LogP contribution in [-0.2, 0) is 11.2 Å². The van der Waals surface area contributed by atoms with Crippen molar-refractivity contribution in [2.24, 2.45) is 0 Å². The molecule has 4 heteroatoms. The molecule has 1 heterocycles. The summed E-state index contributed by atoms with van der Waals surface area (Å²) in [7, 11) is 0. The number of rotatable bonds is 0. The number of ether oxygens (including phenoxy) is 1. The lowest BCUT2D eigenvalue weighted by Crippen LogP contribution is -2.25. The van der Waals surface area contributed by atoms with Crippen molar-refractivity contribution in [3.05, 3.63) is 22.8 Å². The first kappa shape index (κ1) is 9.83. The van der Waals surface area contributed by atoms with Crippen molar-refractivity contribution in [2.45, 2.75) is 26.4 Å². The topological polar surface area (TPSA) is 66.8 Å². The van der Waals surface area contributed by atoms with Crippen molar-refractivity contribution >= 4 is 5.97 Å². The summed E-state index contributed by atoms with van der Waals surface area (Å²) in [5, 5.41) is 19.2. The minimum Gasteiger partial charge on any atom is -0.508 e. The Bertz CT molecular complexity index is 437. The van der Waals surface area contributed by atoms with Crippen LogP contribution in [0.4, 0.5) is 0 Å². The molecule has 0 fully saturated rings. The molecule has 0 aromatic heterocycles. The van der Waals surface area contributed by atoms with Crippen LogP contribution in [0.15, 0.2) is 6.07 Å². The Kier molecular flexibility index (Phi) is 2.07. The Morgan fingerprint density at radius 1 is 1.47 bits per heavy atom. The molecule has 0 aliphatic carbocycles. The van der Waals surface area contributed by atoms with Crippen LogP contribution in [0.2, 0.25) is 0 Å². The fraction of sp³-hybridized carbons (Fsp3) is 0.364. The van der Waals surface area contributed by atoms with Crippen LogP contribution in [0.25, 0.3) is 0 Å². The van der Waals surface area contributed by atoms with Crippen molar-refractivity contribution in [1.29, 1.82) is 0 Å². The number of esters is 1.